The maximum absolute atomic E-state index is 5.41. The summed E-state index contributed by atoms with van der Waals surface area (Å²) in [5.74, 6) is 0. The van der Waals surface area contributed by atoms with Gasteiger partial charge in [-0.1, -0.05) is 13.3 Å². The van der Waals surface area contributed by atoms with Gasteiger partial charge in [0.2, 0.25) is 0 Å². The minimum absolute atomic E-state index is 0.363. The zero-order chi connectivity index (χ0) is 14.4. The second kappa shape index (κ2) is 12.9. The Balaban J connectivity index is 3.89. The molecule has 0 amide bonds. The van der Waals surface area contributed by atoms with Gasteiger partial charge in [0.15, 0.2) is 0 Å². The minimum atomic E-state index is -3.57. The largest absolute Gasteiger partial charge is 0.764 e. The molecule has 0 aromatic rings. The Bertz CT molecular complexity index is 182. The third kappa shape index (κ3) is 9.43. The van der Waals surface area contributed by atoms with Crippen LogP contribution in [0.15, 0.2) is 0 Å². The molecule has 0 aliphatic carbocycles. The highest BCUT2D eigenvalue weighted by Crippen LogP contribution is 2.12. The van der Waals surface area contributed by atoms with Gasteiger partial charge in [-0.15, -0.1) is 0 Å². The highest BCUT2D eigenvalue weighted by Gasteiger charge is 2.51. The number of rotatable bonds is 14. The van der Waals surface area contributed by atoms with Gasteiger partial charge in [-0.05, 0) is 25.9 Å². The molecule has 0 aliphatic heterocycles. The molecule has 1 N–H and O–H groups in total. The summed E-state index contributed by atoms with van der Waals surface area (Å²) in [5.41, 5.74) is 0. The van der Waals surface area contributed by atoms with E-state index in [4.69, 9.17) is 18.2 Å². The fraction of sp³-hybridized carbons (Fsp3) is 1.00. The zero-order valence-corrected chi connectivity index (χ0v) is 13.1. The quantitative estimate of drug-likeness (QED) is 0.220. The molecule has 0 spiro atoms. The summed E-state index contributed by atoms with van der Waals surface area (Å²) in [5, 5.41) is 3.29. The van der Waals surface area contributed by atoms with Crippen LogP contribution >= 0.6 is 0 Å². The number of hydrogen-bond donors (Lipinski definition) is 1. The Hall–Kier alpha value is -0.103. The van der Waals surface area contributed by atoms with Crippen LogP contribution in [0.4, 0.5) is 0 Å². The summed E-state index contributed by atoms with van der Waals surface area (Å²) in [4.78, 5) is 13.6. The first-order valence-corrected chi connectivity index (χ1v) is 7.88. The molecule has 0 heterocycles. The van der Waals surface area contributed by atoms with E-state index in [9.17, 15) is 0 Å². The average molecular weight is 299 g/mol. The number of nitrogens with one attached hydrogen (secondary N) is 1. The van der Waals surface area contributed by atoms with Crippen molar-refractivity contribution in [2.75, 3.05) is 41.0 Å². The van der Waals surface area contributed by atoms with Crippen LogP contribution in [0.5, 0.6) is 0 Å². The fourth-order valence-corrected chi connectivity index (χ4v) is 2.48. The van der Waals surface area contributed by atoms with Crippen LogP contribution in [0.3, 0.4) is 0 Å². The lowest BCUT2D eigenvalue weighted by Gasteiger charge is -2.22. The molecule has 0 saturated heterocycles. The Labute approximate surface area is 115 Å². The maximum atomic E-state index is 5.41. The standard InChI is InChI=1S/C10H25NO7Si/c1-5-6-8-11-9-7-10-15-19(16-12-2,17-13-3)18-14-4/h11H,5-10H2,1-4H3. The van der Waals surface area contributed by atoms with Crippen LogP contribution in [0, 0.1) is 0 Å². The van der Waals surface area contributed by atoms with Gasteiger partial charge in [-0.25, -0.2) is 14.7 Å². The summed E-state index contributed by atoms with van der Waals surface area (Å²) in [6.07, 6.45) is 3.10. The highest BCUT2D eigenvalue weighted by atomic mass is 28.4. The van der Waals surface area contributed by atoms with Gasteiger partial charge >= 0.3 is 9.05 Å². The summed E-state index contributed by atoms with van der Waals surface area (Å²) in [6.45, 7) is 4.34. The Morgan fingerprint density at radius 3 is 1.84 bits per heavy atom. The van der Waals surface area contributed by atoms with Crippen LogP contribution in [-0.4, -0.2) is 50.1 Å². The lowest BCUT2D eigenvalue weighted by atomic mass is 10.3. The SMILES string of the molecule is CCCCNCCCO[Si](OOC)(OOC)OOC. The van der Waals surface area contributed by atoms with E-state index in [-0.39, 0.29) is 0 Å². The van der Waals surface area contributed by atoms with E-state index in [2.05, 4.69) is 26.9 Å². The van der Waals surface area contributed by atoms with Crippen molar-refractivity contribution in [3.05, 3.63) is 0 Å². The van der Waals surface area contributed by atoms with Crippen LogP contribution in [-0.2, 0) is 32.8 Å². The zero-order valence-electron chi connectivity index (χ0n) is 12.1. The molecule has 19 heavy (non-hydrogen) atoms. The average Bonchev–Trinajstić information content (AvgIpc) is 2.39. The molecular weight excluding hydrogens is 274 g/mol. The Morgan fingerprint density at radius 2 is 1.37 bits per heavy atom. The summed E-state index contributed by atoms with van der Waals surface area (Å²) in [7, 11) is 0.379. The third-order valence-corrected chi connectivity index (χ3v) is 3.71. The molecule has 0 radical (unpaired) electrons. The summed E-state index contributed by atoms with van der Waals surface area (Å²) >= 11 is 0. The first-order valence-electron chi connectivity index (χ1n) is 6.24. The van der Waals surface area contributed by atoms with E-state index in [0.29, 0.717) is 6.61 Å². The van der Waals surface area contributed by atoms with E-state index >= 15 is 0 Å². The topological polar surface area (TPSA) is 76.6 Å². The van der Waals surface area contributed by atoms with Crippen LogP contribution in [0.25, 0.3) is 0 Å². The van der Waals surface area contributed by atoms with Gasteiger partial charge < -0.3 is 9.74 Å². The normalized spacial score (nSPS) is 12.0. The smallest absolute Gasteiger partial charge is 0.347 e. The number of unbranched alkanes of at least 4 members (excludes halogenated alkanes) is 1. The molecule has 0 aromatic carbocycles. The van der Waals surface area contributed by atoms with E-state index in [1.54, 1.807) is 0 Å². The second-order valence-electron chi connectivity index (χ2n) is 3.56. The lowest BCUT2D eigenvalue weighted by molar-refractivity contribution is -0.370. The van der Waals surface area contributed by atoms with Crippen molar-refractivity contribution >= 4 is 9.05 Å². The van der Waals surface area contributed by atoms with Gasteiger partial charge in [0.25, 0.3) is 0 Å². The van der Waals surface area contributed by atoms with Crippen LogP contribution in [0.2, 0.25) is 0 Å². The minimum Gasteiger partial charge on any atom is -0.347 e. The van der Waals surface area contributed by atoms with Crippen molar-refractivity contribution in [3.63, 3.8) is 0 Å². The van der Waals surface area contributed by atoms with Crippen molar-refractivity contribution in [1.82, 2.24) is 5.32 Å². The van der Waals surface area contributed by atoms with Gasteiger partial charge in [-0.3, -0.25) is 0 Å². The first-order chi connectivity index (χ1) is 9.24. The molecule has 0 bridgehead atoms. The van der Waals surface area contributed by atoms with Gasteiger partial charge in [-0.2, -0.15) is 13.7 Å². The Morgan fingerprint density at radius 1 is 0.842 bits per heavy atom. The molecule has 0 saturated carbocycles. The molecule has 0 aliphatic rings. The molecule has 8 nitrogen and oxygen atoms in total. The Kier molecular flexibility index (Phi) is 12.8. The van der Waals surface area contributed by atoms with Crippen molar-refractivity contribution in [1.29, 1.82) is 0 Å². The van der Waals surface area contributed by atoms with E-state index < -0.39 is 9.05 Å². The fourth-order valence-electron chi connectivity index (χ4n) is 1.24. The molecule has 0 fully saturated rings. The predicted octanol–water partition coefficient (Wildman–Crippen LogP) is 0.952. The van der Waals surface area contributed by atoms with Gasteiger partial charge in [0.1, 0.15) is 0 Å². The molecular formula is C10H25NO7Si. The van der Waals surface area contributed by atoms with Crippen LogP contribution in [0.1, 0.15) is 26.2 Å². The van der Waals surface area contributed by atoms with Crippen molar-refractivity contribution in [2.24, 2.45) is 0 Å². The monoisotopic (exact) mass is 299 g/mol. The van der Waals surface area contributed by atoms with Gasteiger partial charge in [0, 0.05) is 6.61 Å². The second-order valence-corrected chi connectivity index (χ2v) is 5.34. The third-order valence-electron chi connectivity index (χ3n) is 2.04. The van der Waals surface area contributed by atoms with E-state index in [1.165, 1.54) is 27.8 Å². The maximum Gasteiger partial charge on any atom is 0.764 e. The predicted molar refractivity (Wildman–Crippen MR) is 68.4 cm³/mol. The highest BCUT2D eigenvalue weighted by molar-refractivity contribution is 6.52. The molecule has 0 aromatic heterocycles. The van der Waals surface area contributed by atoms with Crippen LogP contribution < -0.4 is 5.32 Å². The van der Waals surface area contributed by atoms with Crippen molar-refractivity contribution in [2.45, 2.75) is 26.2 Å². The summed E-state index contributed by atoms with van der Waals surface area (Å²) in [6, 6.07) is 0. The summed E-state index contributed by atoms with van der Waals surface area (Å²) < 4.78 is 20.0. The first kappa shape index (κ1) is 18.9. The van der Waals surface area contributed by atoms with E-state index in [0.717, 1.165) is 25.9 Å². The van der Waals surface area contributed by atoms with Gasteiger partial charge in [0.05, 0.1) is 21.3 Å². The van der Waals surface area contributed by atoms with E-state index in [1.807, 2.05) is 0 Å². The van der Waals surface area contributed by atoms with Crippen molar-refractivity contribution < 1.29 is 32.8 Å². The molecule has 0 unspecified atom stereocenters. The lowest BCUT2D eigenvalue weighted by Crippen LogP contribution is -2.49. The molecule has 116 valence electrons. The number of hydrogen-bond acceptors (Lipinski definition) is 8. The molecule has 0 atom stereocenters. The molecule has 0 rings (SSSR count). The van der Waals surface area contributed by atoms with Crippen molar-refractivity contribution in [3.8, 4) is 0 Å². The molecule has 9 heteroatoms.